The molecule has 1 atom stereocenters. The van der Waals surface area contributed by atoms with Gasteiger partial charge in [0.1, 0.15) is 0 Å². The van der Waals surface area contributed by atoms with Crippen LogP contribution in [0, 0.1) is 5.92 Å². The Hall–Kier alpha value is -1.67. The number of nitrogens with two attached hydrogens (primary N) is 1. The minimum Gasteiger partial charge on any atom is -0.349 e. The Balaban J connectivity index is 3.80. The number of nitrogens with zero attached hydrogens (tertiary/aromatic N) is 2. The van der Waals surface area contributed by atoms with Gasteiger partial charge in [-0.15, -0.1) is 5.06 Å². The van der Waals surface area contributed by atoms with E-state index < -0.39 is 23.8 Å². The van der Waals surface area contributed by atoms with Crippen LogP contribution < -0.4 is 5.73 Å². The van der Waals surface area contributed by atoms with Crippen LogP contribution in [0.4, 0.5) is 4.79 Å². The first-order valence-corrected chi connectivity index (χ1v) is 6.06. The molecule has 0 saturated heterocycles. The second kappa shape index (κ2) is 8.44. The van der Waals surface area contributed by atoms with Crippen LogP contribution in [0.25, 0.3) is 0 Å². The number of hydrogen-bond donors (Lipinski definition) is 3. The highest BCUT2D eigenvalue weighted by atomic mass is 16.5. The first kappa shape index (κ1) is 17.3. The quantitative estimate of drug-likeness (QED) is 0.358. The van der Waals surface area contributed by atoms with E-state index in [0.29, 0.717) is 30.7 Å². The van der Waals surface area contributed by atoms with E-state index in [9.17, 15) is 14.4 Å². The van der Waals surface area contributed by atoms with E-state index in [-0.39, 0.29) is 11.6 Å². The van der Waals surface area contributed by atoms with Gasteiger partial charge in [-0.2, -0.15) is 0 Å². The number of hydrogen-bond acceptors (Lipinski definition) is 5. The SMILES string of the molecule is CC(=O)N(O)CCCCCC(C)C(=O)N(O)C(N)=O. The fourth-order valence-corrected chi connectivity index (χ4v) is 1.49. The summed E-state index contributed by atoms with van der Waals surface area (Å²) >= 11 is 0. The second-order valence-corrected chi connectivity index (χ2v) is 4.38. The van der Waals surface area contributed by atoms with Crippen molar-refractivity contribution < 1.29 is 24.8 Å². The smallest absolute Gasteiger partial charge is 0.345 e. The molecule has 4 amide bonds. The first-order valence-electron chi connectivity index (χ1n) is 6.06. The number of carbonyl (C=O) groups excluding carboxylic acids is 3. The zero-order valence-electron chi connectivity index (χ0n) is 11.2. The molecule has 8 heteroatoms. The fraction of sp³-hybridized carbons (Fsp3) is 0.727. The molecule has 0 aliphatic carbocycles. The van der Waals surface area contributed by atoms with Gasteiger partial charge in [0.25, 0.3) is 5.91 Å². The summed E-state index contributed by atoms with van der Waals surface area (Å²) < 4.78 is 0. The molecule has 0 aromatic heterocycles. The van der Waals surface area contributed by atoms with Gasteiger partial charge in [0.15, 0.2) is 0 Å². The molecule has 0 bridgehead atoms. The van der Waals surface area contributed by atoms with Crippen molar-refractivity contribution in [1.82, 2.24) is 10.1 Å². The third-order valence-electron chi connectivity index (χ3n) is 2.71. The van der Waals surface area contributed by atoms with E-state index in [1.807, 2.05) is 0 Å². The van der Waals surface area contributed by atoms with Crippen molar-refractivity contribution in [1.29, 1.82) is 0 Å². The molecule has 0 aliphatic heterocycles. The predicted molar refractivity (Wildman–Crippen MR) is 65.0 cm³/mol. The maximum atomic E-state index is 11.4. The van der Waals surface area contributed by atoms with Crippen molar-refractivity contribution >= 4 is 17.8 Å². The van der Waals surface area contributed by atoms with Crippen molar-refractivity contribution in [3.05, 3.63) is 0 Å². The monoisotopic (exact) mass is 275 g/mol. The lowest BCUT2D eigenvalue weighted by molar-refractivity contribution is -0.162. The molecular formula is C11H21N3O5. The summed E-state index contributed by atoms with van der Waals surface area (Å²) in [6.45, 7) is 3.09. The van der Waals surface area contributed by atoms with Crippen LogP contribution in [0.5, 0.6) is 0 Å². The van der Waals surface area contributed by atoms with Crippen molar-refractivity contribution in [2.45, 2.75) is 39.5 Å². The molecule has 8 nitrogen and oxygen atoms in total. The van der Waals surface area contributed by atoms with Gasteiger partial charge in [-0.1, -0.05) is 19.8 Å². The van der Waals surface area contributed by atoms with Gasteiger partial charge in [0, 0.05) is 19.4 Å². The number of primary amides is 1. The van der Waals surface area contributed by atoms with E-state index in [1.54, 1.807) is 6.92 Å². The number of amides is 4. The summed E-state index contributed by atoms with van der Waals surface area (Å²) in [5.74, 6) is -1.67. The van der Waals surface area contributed by atoms with Gasteiger partial charge in [-0.3, -0.25) is 20.0 Å². The highest BCUT2D eigenvalue weighted by Gasteiger charge is 2.22. The minimum absolute atomic E-state index is 0.0874. The maximum Gasteiger partial charge on any atom is 0.345 e. The van der Waals surface area contributed by atoms with Crippen LogP contribution in [0.1, 0.15) is 39.5 Å². The molecule has 0 fully saturated rings. The fourth-order valence-electron chi connectivity index (χ4n) is 1.49. The summed E-state index contributed by atoms with van der Waals surface area (Å²) in [5, 5.41) is 18.7. The lowest BCUT2D eigenvalue weighted by atomic mass is 10.0. The molecule has 0 heterocycles. The first-order chi connectivity index (χ1) is 8.77. The number of rotatable bonds is 7. The van der Waals surface area contributed by atoms with Crippen LogP contribution in [-0.4, -0.2) is 44.9 Å². The Morgan fingerprint density at radius 3 is 2.21 bits per heavy atom. The molecule has 0 radical (unpaired) electrons. The van der Waals surface area contributed by atoms with Gasteiger partial charge >= 0.3 is 6.03 Å². The number of carbonyl (C=O) groups is 3. The van der Waals surface area contributed by atoms with E-state index in [1.165, 1.54) is 6.92 Å². The number of imide groups is 1. The standard InChI is InChI=1S/C11H21N3O5/c1-8(10(16)14(19)11(12)17)6-4-3-5-7-13(18)9(2)15/h8,18-19H,3-7H2,1-2H3,(H2,12,17). The second-order valence-electron chi connectivity index (χ2n) is 4.38. The van der Waals surface area contributed by atoms with Crippen LogP contribution in [0.2, 0.25) is 0 Å². The van der Waals surface area contributed by atoms with Gasteiger partial charge in [0.2, 0.25) is 5.91 Å². The Morgan fingerprint density at radius 1 is 1.16 bits per heavy atom. The normalized spacial score (nSPS) is 11.8. The van der Waals surface area contributed by atoms with Crippen LogP contribution >= 0.6 is 0 Å². The lowest BCUT2D eigenvalue weighted by Gasteiger charge is -2.16. The van der Waals surface area contributed by atoms with Gasteiger partial charge in [-0.05, 0) is 12.8 Å². The molecule has 0 rings (SSSR count). The molecule has 1 unspecified atom stereocenters. The molecule has 0 aromatic rings. The minimum atomic E-state index is -1.20. The van der Waals surface area contributed by atoms with Crippen molar-refractivity contribution in [2.24, 2.45) is 11.7 Å². The van der Waals surface area contributed by atoms with Gasteiger partial charge in [-0.25, -0.2) is 9.86 Å². The van der Waals surface area contributed by atoms with Gasteiger partial charge in [0.05, 0.1) is 0 Å². The molecule has 0 spiro atoms. The van der Waals surface area contributed by atoms with Crippen molar-refractivity contribution in [2.75, 3.05) is 6.54 Å². The number of unbranched alkanes of at least 4 members (excludes halogenated alkanes) is 2. The lowest BCUT2D eigenvalue weighted by Crippen LogP contribution is -2.40. The van der Waals surface area contributed by atoms with Crippen LogP contribution in [0.3, 0.4) is 0 Å². The Morgan fingerprint density at radius 2 is 1.74 bits per heavy atom. The topological polar surface area (TPSA) is 124 Å². The number of hydroxylamine groups is 4. The summed E-state index contributed by atoms with van der Waals surface area (Å²) in [7, 11) is 0. The third kappa shape index (κ3) is 6.73. The average molecular weight is 275 g/mol. The summed E-state index contributed by atoms with van der Waals surface area (Å²) in [6, 6.07) is -1.20. The van der Waals surface area contributed by atoms with Crippen molar-refractivity contribution in [3.8, 4) is 0 Å². The molecule has 0 aliphatic rings. The molecule has 110 valence electrons. The van der Waals surface area contributed by atoms with E-state index in [2.05, 4.69) is 0 Å². The summed E-state index contributed by atoms with van der Waals surface area (Å²) in [4.78, 5) is 32.7. The Labute approximate surface area is 111 Å². The van der Waals surface area contributed by atoms with E-state index in [0.717, 1.165) is 0 Å². The molecule has 19 heavy (non-hydrogen) atoms. The Kier molecular flexibility index (Phi) is 7.69. The molecule has 4 N–H and O–H groups in total. The number of urea groups is 1. The maximum absolute atomic E-state index is 11.4. The summed E-state index contributed by atoms with van der Waals surface area (Å²) in [6.07, 6.45) is 2.47. The van der Waals surface area contributed by atoms with E-state index in [4.69, 9.17) is 16.1 Å². The zero-order chi connectivity index (χ0) is 15.0. The summed E-state index contributed by atoms with van der Waals surface area (Å²) in [5.41, 5.74) is 4.76. The van der Waals surface area contributed by atoms with Crippen LogP contribution in [0.15, 0.2) is 0 Å². The highest BCUT2D eigenvalue weighted by Crippen LogP contribution is 2.12. The molecule has 0 aromatic carbocycles. The van der Waals surface area contributed by atoms with Gasteiger partial charge < -0.3 is 5.73 Å². The zero-order valence-corrected chi connectivity index (χ0v) is 11.2. The predicted octanol–water partition coefficient (Wildman–Crippen LogP) is 0.717. The van der Waals surface area contributed by atoms with E-state index >= 15 is 0 Å². The Bertz CT molecular complexity index is 334. The molecular weight excluding hydrogens is 254 g/mol. The third-order valence-corrected chi connectivity index (χ3v) is 2.71. The largest absolute Gasteiger partial charge is 0.349 e. The van der Waals surface area contributed by atoms with Crippen molar-refractivity contribution in [3.63, 3.8) is 0 Å². The van der Waals surface area contributed by atoms with Crippen LogP contribution in [-0.2, 0) is 9.59 Å². The highest BCUT2D eigenvalue weighted by molar-refractivity contribution is 5.92. The average Bonchev–Trinajstić information content (AvgIpc) is 2.35. The molecule has 0 saturated carbocycles.